The van der Waals surface area contributed by atoms with Gasteiger partial charge >= 0.3 is 11.9 Å². The summed E-state index contributed by atoms with van der Waals surface area (Å²) in [5.41, 5.74) is 0. The molecular weight excluding hydrogens is 232 g/mol. The molecule has 2 unspecified atom stereocenters. The first kappa shape index (κ1) is 16.9. The summed E-state index contributed by atoms with van der Waals surface area (Å²) in [6.07, 6.45) is 1.32. The number of rotatable bonds is 8. The molecule has 4 heteroatoms. The molecule has 4 nitrogen and oxygen atoms in total. The summed E-state index contributed by atoms with van der Waals surface area (Å²) in [7, 11) is 0. The van der Waals surface area contributed by atoms with Crippen molar-refractivity contribution in [1.82, 2.24) is 0 Å². The molecule has 0 spiro atoms. The minimum Gasteiger partial charge on any atom is -0.466 e. The zero-order valence-electron chi connectivity index (χ0n) is 12.2. The Labute approximate surface area is 110 Å². The molecule has 2 atom stereocenters. The van der Waals surface area contributed by atoms with Gasteiger partial charge in [0.05, 0.1) is 25.0 Å². The molecule has 0 aromatic rings. The predicted molar refractivity (Wildman–Crippen MR) is 70.0 cm³/mol. The fourth-order valence-electron chi connectivity index (χ4n) is 1.80. The minimum absolute atomic E-state index is 0.137. The van der Waals surface area contributed by atoms with Gasteiger partial charge < -0.3 is 9.47 Å². The summed E-state index contributed by atoms with van der Waals surface area (Å²) in [5, 5.41) is 0. The second-order valence-electron chi connectivity index (χ2n) is 4.83. The van der Waals surface area contributed by atoms with E-state index in [-0.39, 0.29) is 29.7 Å². The summed E-state index contributed by atoms with van der Waals surface area (Å²) in [5.74, 6) is -0.437. The molecule has 0 saturated heterocycles. The highest BCUT2D eigenvalue weighted by atomic mass is 16.5. The maximum absolute atomic E-state index is 11.8. The van der Waals surface area contributed by atoms with Gasteiger partial charge in [0.15, 0.2) is 0 Å². The third kappa shape index (κ3) is 6.03. The van der Waals surface area contributed by atoms with Crippen molar-refractivity contribution < 1.29 is 19.1 Å². The van der Waals surface area contributed by atoms with Crippen molar-refractivity contribution in [2.75, 3.05) is 13.2 Å². The van der Waals surface area contributed by atoms with E-state index in [0.717, 1.165) is 0 Å². The summed E-state index contributed by atoms with van der Waals surface area (Å²) in [4.78, 5) is 23.2. The highest BCUT2D eigenvalue weighted by Gasteiger charge is 2.25. The normalized spacial score (nSPS) is 14.1. The van der Waals surface area contributed by atoms with Crippen LogP contribution in [-0.4, -0.2) is 25.2 Å². The first-order chi connectivity index (χ1) is 8.43. The molecule has 0 bridgehead atoms. The molecule has 0 radical (unpaired) electrons. The standard InChI is InChI=1S/C14H26O4/c1-6-17-13(15)11(5)8-9-12(10(3)4)14(16)18-7-2/h10-12H,6-9H2,1-5H3. The summed E-state index contributed by atoms with van der Waals surface area (Å²) in [6, 6.07) is 0. The van der Waals surface area contributed by atoms with E-state index in [9.17, 15) is 9.59 Å². The average Bonchev–Trinajstić information content (AvgIpc) is 2.29. The van der Waals surface area contributed by atoms with Crippen LogP contribution in [0, 0.1) is 17.8 Å². The fourth-order valence-corrected chi connectivity index (χ4v) is 1.80. The summed E-state index contributed by atoms with van der Waals surface area (Å²) in [6.45, 7) is 10.2. The van der Waals surface area contributed by atoms with Gasteiger partial charge in [-0.25, -0.2) is 0 Å². The minimum atomic E-state index is -0.191. The number of hydrogen-bond donors (Lipinski definition) is 0. The molecule has 0 fully saturated rings. The van der Waals surface area contributed by atoms with Gasteiger partial charge in [-0.3, -0.25) is 9.59 Å². The lowest BCUT2D eigenvalue weighted by Gasteiger charge is -2.20. The van der Waals surface area contributed by atoms with Gasteiger partial charge in [-0.15, -0.1) is 0 Å². The molecule has 0 saturated carbocycles. The molecule has 0 aliphatic carbocycles. The molecule has 0 amide bonds. The Hall–Kier alpha value is -1.06. The van der Waals surface area contributed by atoms with Crippen molar-refractivity contribution in [3.05, 3.63) is 0 Å². The van der Waals surface area contributed by atoms with E-state index in [1.165, 1.54) is 0 Å². The molecule has 0 aliphatic rings. The zero-order valence-corrected chi connectivity index (χ0v) is 12.2. The Bertz CT molecular complexity index is 261. The second kappa shape index (κ2) is 8.95. The maximum atomic E-state index is 11.8. The Morgan fingerprint density at radius 2 is 1.39 bits per heavy atom. The molecule has 18 heavy (non-hydrogen) atoms. The number of esters is 2. The van der Waals surface area contributed by atoms with E-state index >= 15 is 0 Å². The molecule has 0 aliphatic heterocycles. The predicted octanol–water partition coefficient (Wildman–Crippen LogP) is 2.80. The largest absolute Gasteiger partial charge is 0.466 e. The van der Waals surface area contributed by atoms with Crippen molar-refractivity contribution >= 4 is 11.9 Å². The number of ether oxygens (including phenoxy) is 2. The van der Waals surface area contributed by atoms with Crippen LogP contribution in [0.1, 0.15) is 47.5 Å². The van der Waals surface area contributed by atoms with E-state index in [1.807, 2.05) is 20.8 Å². The molecule has 0 aromatic heterocycles. The third-order valence-corrected chi connectivity index (χ3v) is 2.99. The van der Waals surface area contributed by atoms with Gasteiger partial charge in [0.2, 0.25) is 0 Å². The van der Waals surface area contributed by atoms with Gasteiger partial charge in [0.25, 0.3) is 0 Å². The van der Waals surface area contributed by atoms with Gasteiger partial charge in [-0.2, -0.15) is 0 Å². The van der Waals surface area contributed by atoms with E-state index in [4.69, 9.17) is 9.47 Å². The van der Waals surface area contributed by atoms with Crippen LogP contribution < -0.4 is 0 Å². The summed E-state index contributed by atoms with van der Waals surface area (Å²) >= 11 is 0. The lowest BCUT2D eigenvalue weighted by molar-refractivity contribution is -0.152. The van der Waals surface area contributed by atoms with E-state index in [2.05, 4.69) is 0 Å². The fraction of sp³-hybridized carbons (Fsp3) is 0.857. The quantitative estimate of drug-likeness (QED) is 0.628. The van der Waals surface area contributed by atoms with Crippen LogP contribution in [0.2, 0.25) is 0 Å². The van der Waals surface area contributed by atoms with Crippen LogP contribution in [0.15, 0.2) is 0 Å². The monoisotopic (exact) mass is 258 g/mol. The first-order valence-corrected chi connectivity index (χ1v) is 6.77. The maximum Gasteiger partial charge on any atom is 0.309 e. The second-order valence-corrected chi connectivity index (χ2v) is 4.83. The third-order valence-electron chi connectivity index (χ3n) is 2.99. The van der Waals surface area contributed by atoms with Gasteiger partial charge in [0, 0.05) is 0 Å². The Kier molecular flexibility index (Phi) is 8.42. The van der Waals surface area contributed by atoms with Crippen molar-refractivity contribution in [3.8, 4) is 0 Å². The Morgan fingerprint density at radius 3 is 1.83 bits per heavy atom. The van der Waals surface area contributed by atoms with Gasteiger partial charge in [0.1, 0.15) is 0 Å². The van der Waals surface area contributed by atoms with Crippen LogP contribution in [0.4, 0.5) is 0 Å². The highest BCUT2D eigenvalue weighted by Crippen LogP contribution is 2.22. The molecular formula is C14H26O4. The van der Waals surface area contributed by atoms with E-state index in [0.29, 0.717) is 26.1 Å². The highest BCUT2D eigenvalue weighted by molar-refractivity contribution is 5.73. The van der Waals surface area contributed by atoms with Gasteiger partial charge in [-0.1, -0.05) is 20.8 Å². The molecule has 106 valence electrons. The molecule has 0 N–H and O–H groups in total. The lowest BCUT2D eigenvalue weighted by Crippen LogP contribution is -2.25. The van der Waals surface area contributed by atoms with Crippen LogP contribution >= 0.6 is 0 Å². The Balaban J connectivity index is 4.27. The first-order valence-electron chi connectivity index (χ1n) is 6.77. The SMILES string of the molecule is CCOC(=O)C(C)CCC(C(=O)OCC)C(C)C. The van der Waals surface area contributed by atoms with E-state index in [1.54, 1.807) is 13.8 Å². The number of carbonyl (C=O) groups excluding carboxylic acids is 2. The lowest BCUT2D eigenvalue weighted by atomic mass is 9.88. The van der Waals surface area contributed by atoms with Crippen molar-refractivity contribution in [3.63, 3.8) is 0 Å². The van der Waals surface area contributed by atoms with Crippen LogP contribution in [0.3, 0.4) is 0 Å². The smallest absolute Gasteiger partial charge is 0.309 e. The van der Waals surface area contributed by atoms with Crippen molar-refractivity contribution in [2.45, 2.75) is 47.5 Å². The van der Waals surface area contributed by atoms with Crippen LogP contribution in [0.5, 0.6) is 0 Å². The van der Waals surface area contributed by atoms with Crippen LogP contribution in [0.25, 0.3) is 0 Å². The van der Waals surface area contributed by atoms with Crippen molar-refractivity contribution in [1.29, 1.82) is 0 Å². The topological polar surface area (TPSA) is 52.6 Å². The molecule has 0 heterocycles. The van der Waals surface area contributed by atoms with Crippen molar-refractivity contribution in [2.24, 2.45) is 17.8 Å². The molecule has 0 rings (SSSR count). The zero-order chi connectivity index (χ0) is 14.1. The van der Waals surface area contributed by atoms with Gasteiger partial charge in [-0.05, 0) is 32.6 Å². The Morgan fingerprint density at radius 1 is 0.889 bits per heavy atom. The number of hydrogen-bond acceptors (Lipinski definition) is 4. The number of carbonyl (C=O) groups is 2. The average molecular weight is 258 g/mol. The summed E-state index contributed by atoms with van der Waals surface area (Å²) < 4.78 is 10.00. The molecule has 0 aromatic carbocycles. The van der Waals surface area contributed by atoms with E-state index < -0.39 is 0 Å². The van der Waals surface area contributed by atoms with Crippen LogP contribution in [-0.2, 0) is 19.1 Å².